The van der Waals surface area contributed by atoms with E-state index in [4.69, 9.17) is 0 Å². The molecule has 0 saturated carbocycles. The molecule has 1 rings (SSSR count). The van der Waals surface area contributed by atoms with E-state index in [1.807, 2.05) is 13.8 Å². The summed E-state index contributed by atoms with van der Waals surface area (Å²) < 4.78 is 0. The molecule has 0 aliphatic rings. The van der Waals surface area contributed by atoms with E-state index >= 15 is 0 Å². The van der Waals surface area contributed by atoms with Gasteiger partial charge < -0.3 is 5.32 Å². The fourth-order valence-corrected chi connectivity index (χ4v) is 2.04. The van der Waals surface area contributed by atoms with Crippen LogP contribution in [-0.4, -0.2) is 11.9 Å². The molecule has 0 aliphatic carbocycles. The molecule has 2 heteroatoms. The summed E-state index contributed by atoms with van der Waals surface area (Å²) in [5.74, 6) is 0.699. The highest BCUT2D eigenvalue weighted by Gasteiger charge is 2.16. The standard InChI is InChI=1S/C17H27NO/c1-6-13(4)18-17(19)14(5)16-9-7-15(8-10-16)11-12(2)3/h7-10,12-14H,6,11H2,1-5H3,(H,18,19). The summed E-state index contributed by atoms with van der Waals surface area (Å²) in [6.45, 7) is 10.5. The maximum Gasteiger partial charge on any atom is 0.227 e. The molecule has 0 heterocycles. The zero-order chi connectivity index (χ0) is 14.4. The Morgan fingerprint density at radius 1 is 1.11 bits per heavy atom. The van der Waals surface area contributed by atoms with Crippen LogP contribution in [0.15, 0.2) is 24.3 Å². The highest BCUT2D eigenvalue weighted by molar-refractivity contribution is 5.83. The van der Waals surface area contributed by atoms with Gasteiger partial charge in [0.05, 0.1) is 5.92 Å². The van der Waals surface area contributed by atoms with Gasteiger partial charge in [0.1, 0.15) is 0 Å². The lowest BCUT2D eigenvalue weighted by Crippen LogP contribution is -2.35. The second kappa shape index (κ2) is 7.32. The van der Waals surface area contributed by atoms with E-state index in [9.17, 15) is 4.79 Å². The minimum Gasteiger partial charge on any atom is -0.353 e. The molecule has 1 aromatic carbocycles. The normalized spacial score (nSPS) is 14.2. The van der Waals surface area contributed by atoms with Gasteiger partial charge in [0.2, 0.25) is 5.91 Å². The minimum atomic E-state index is -0.0814. The van der Waals surface area contributed by atoms with Crippen LogP contribution in [0.2, 0.25) is 0 Å². The quantitative estimate of drug-likeness (QED) is 0.826. The van der Waals surface area contributed by atoms with Crippen LogP contribution in [-0.2, 0) is 11.2 Å². The number of amides is 1. The molecule has 106 valence electrons. The maximum atomic E-state index is 12.1. The zero-order valence-electron chi connectivity index (χ0n) is 12.9. The topological polar surface area (TPSA) is 29.1 Å². The summed E-state index contributed by atoms with van der Waals surface area (Å²) in [6.07, 6.45) is 2.06. The Balaban J connectivity index is 2.66. The monoisotopic (exact) mass is 261 g/mol. The molecule has 0 spiro atoms. The number of carbonyl (C=O) groups is 1. The van der Waals surface area contributed by atoms with E-state index in [1.165, 1.54) is 5.56 Å². The molecular formula is C17H27NO. The smallest absolute Gasteiger partial charge is 0.227 e. The number of benzene rings is 1. The Morgan fingerprint density at radius 2 is 1.68 bits per heavy atom. The number of nitrogens with one attached hydrogen (secondary N) is 1. The first-order valence-corrected chi connectivity index (χ1v) is 7.33. The molecule has 2 atom stereocenters. The van der Waals surface area contributed by atoms with Gasteiger partial charge in [-0.2, -0.15) is 0 Å². The van der Waals surface area contributed by atoms with Crippen molar-refractivity contribution in [2.75, 3.05) is 0 Å². The lowest BCUT2D eigenvalue weighted by Gasteiger charge is -2.17. The average molecular weight is 261 g/mol. The lowest BCUT2D eigenvalue weighted by molar-refractivity contribution is -0.122. The number of hydrogen-bond acceptors (Lipinski definition) is 1. The summed E-state index contributed by atoms with van der Waals surface area (Å²) in [4.78, 5) is 12.1. The predicted molar refractivity (Wildman–Crippen MR) is 81.3 cm³/mol. The van der Waals surface area contributed by atoms with Crippen LogP contribution in [0.25, 0.3) is 0 Å². The van der Waals surface area contributed by atoms with Crippen LogP contribution in [0.4, 0.5) is 0 Å². The van der Waals surface area contributed by atoms with Gasteiger partial charge in [-0.1, -0.05) is 45.0 Å². The highest BCUT2D eigenvalue weighted by atomic mass is 16.1. The third-order valence-electron chi connectivity index (χ3n) is 3.52. The molecule has 19 heavy (non-hydrogen) atoms. The number of carbonyl (C=O) groups excluding carboxylic acids is 1. The second-order valence-electron chi connectivity index (χ2n) is 5.88. The molecule has 0 aliphatic heterocycles. The fourth-order valence-electron chi connectivity index (χ4n) is 2.04. The molecule has 1 N–H and O–H groups in total. The number of hydrogen-bond donors (Lipinski definition) is 1. The van der Waals surface area contributed by atoms with Crippen molar-refractivity contribution in [2.45, 2.75) is 59.4 Å². The molecule has 1 amide bonds. The molecule has 0 saturated heterocycles. The Labute approximate surface area is 117 Å². The van der Waals surface area contributed by atoms with E-state index in [2.05, 4.69) is 50.4 Å². The summed E-state index contributed by atoms with van der Waals surface area (Å²) in [5.41, 5.74) is 2.43. The van der Waals surface area contributed by atoms with Crippen molar-refractivity contribution in [2.24, 2.45) is 5.92 Å². The Bertz CT molecular complexity index is 394. The summed E-state index contributed by atoms with van der Waals surface area (Å²) >= 11 is 0. The van der Waals surface area contributed by atoms with Crippen LogP contribution in [0, 0.1) is 5.92 Å². The molecule has 2 nitrogen and oxygen atoms in total. The van der Waals surface area contributed by atoms with Crippen molar-refractivity contribution in [1.29, 1.82) is 0 Å². The molecule has 0 bridgehead atoms. The van der Waals surface area contributed by atoms with Crippen LogP contribution in [0.3, 0.4) is 0 Å². The van der Waals surface area contributed by atoms with Crippen LogP contribution < -0.4 is 5.32 Å². The summed E-state index contributed by atoms with van der Waals surface area (Å²) in [7, 11) is 0. The first-order chi connectivity index (χ1) is 8.93. The van der Waals surface area contributed by atoms with E-state index in [-0.39, 0.29) is 17.9 Å². The van der Waals surface area contributed by atoms with Crippen molar-refractivity contribution >= 4 is 5.91 Å². The molecule has 0 fully saturated rings. The molecule has 2 unspecified atom stereocenters. The van der Waals surface area contributed by atoms with Gasteiger partial charge in [-0.05, 0) is 43.7 Å². The molecule has 0 aromatic heterocycles. The van der Waals surface area contributed by atoms with Crippen molar-refractivity contribution in [3.8, 4) is 0 Å². The van der Waals surface area contributed by atoms with Crippen molar-refractivity contribution in [3.05, 3.63) is 35.4 Å². The van der Waals surface area contributed by atoms with Crippen LogP contribution in [0.5, 0.6) is 0 Å². The van der Waals surface area contributed by atoms with Gasteiger partial charge in [-0.3, -0.25) is 4.79 Å². The van der Waals surface area contributed by atoms with Gasteiger partial charge in [0, 0.05) is 6.04 Å². The van der Waals surface area contributed by atoms with E-state index in [0.29, 0.717) is 5.92 Å². The summed E-state index contributed by atoms with van der Waals surface area (Å²) in [5, 5.41) is 3.04. The molecule has 1 aromatic rings. The molecular weight excluding hydrogens is 234 g/mol. The van der Waals surface area contributed by atoms with Crippen LogP contribution >= 0.6 is 0 Å². The predicted octanol–water partition coefficient (Wildman–Crippen LogP) is 3.90. The fraction of sp³-hybridized carbons (Fsp3) is 0.588. The SMILES string of the molecule is CCC(C)NC(=O)C(C)c1ccc(CC(C)C)cc1. The third kappa shape index (κ3) is 5.06. The van der Waals surface area contributed by atoms with Gasteiger partial charge >= 0.3 is 0 Å². The highest BCUT2D eigenvalue weighted by Crippen LogP contribution is 2.18. The first kappa shape index (κ1) is 15.7. The van der Waals surface area contributed by atoms with Crippen molar-refractivity contribution < 1.29 is 4.79 Å². The third-order valence-corrected chi connectivity index (χ3v) is 3.52. The number of rotatable bonds is 6. The Hall–Kier alpha value is -1.31. The largest absolute Gasteiger partial charge is 0.353 e. The van der Waals surface area contributed by atoms with Gasteiger partial charge in [0.25, 0.3) is 0 Å². The van der Waals surface area contributed by atoms with Crippen LogP contribution in [0.1, 0.15) is 58.1 Å². The summed E-state index contributed by atoms with van der Waals surface area (Å²) in [6, 6.07) is 8.69. The first-order valence-electron chi connectivity index (χ1n) is 7.33. The van der Waals surface area contributed by atoms with E-state index in [1.54, 1.807) is 0 Å². The lowest BCUT2D eigenvalue weighted by atomic mass is 9.96. The van der Waals surface area contributed by atoms with E-state index in [0.717, 1.165) is 18.4 Å². The zero-order valence-corrected chi connectivity index (χ0v) is 12.9. The molecule has 0 radical (unpaired) electrons. The van der Waals surface area contributed by atoms with Crippen molar-refractivity contribution in [1.82, 2.24) is 5.32 Å². The Morgan fingerprint density at radius 3 is 2.16 bits per heavy atom. The van der Waals surface area contributed by atoms with Gasteiger partial charge in [-0.15, -0.1) is 0 Å². The van der Waals surface area contributed by atoms with Crippen molar-refractivity contribution in [3.63, 3.8) is 0 Å². The average Bonchev–Trinajstić information content (AvgIpc) is 2.37. The van der Waals surface area contributed by atoms with Gasteiger partial charge in [0.15, 0.2) is 0 Å². The second-order valence-corrected chi connectivity index (χ2v) is 5.88. The Kier molecular flexibility index (Phi) is 6.07. The maximum absolute atomic E-state index is 12.1. The van der Waals surface area contributed by atoms with E-state index < -0.39 is 0 Å². The minimum absolute atomic E-state index is 0.0814. The van der Waals surface area contributed by atoms with Gasteiger partial charge in [-0.25, -0.2) is 0 Å².